The Hall–Kier alpha value is -1.83. The summed E-state index contributed by atoms with van der Waals surface area (Å²) in [6, 6.07) is 10.4. The molecule has 2 atom stereocenters. The number of hydrogen-bond acceptors (Lipinski definition) is 1. The van der Waals surface area contributed by atoms with Gasteiger partial charge in [-0.3, -0.25) is 5.41 Å². The third kappa shape index (κ3) is 1.78. The third-order valence-corrected chi connectivity index (χ3v) is 3.99. The molecule has 0 bridgehead atoms. The SMILES string of the molecule is CN(Cc1ccccc1)C(=N)C12C=CC=CC1C2. The van der Waals surface area contributed by atoms with E-state index >= 15 is 0 Å². The molecule has 1 fully saturated rings. The van der Waals surface area contributed by atoms with E-state index in [9.17, 15) is 0 Å². The lowest BCUT2D eigenvalue weighted by Crippen LogP contribution is -2.33. The molecule has 1 aromatic rings. The van der Waals surface area contributed by atoms with E-state index in [0.717, 1.165) is 18.8 Å². The number of amidine groups is 1. The molecule has 3 rings (SSSR count). The van der Waals surface area contributed by atoms with Gasteiger partial charge < -0.3 is 4.90 Å². The maximum absolute atomic E-state index is 8.42. The fourth-order valence-corrected chi connectivity index (χ4v) is 2.80. The monoisotopic (exact) mass is 238 g/mol. The Morgan fingerprint density at radius 1 is 1.33 bits per heavy atom. The van der Waals surface area contributed by atoms with E-state index in [0.29, 0.717) is 5.92 Å². The molecule has 1 N–H and O–H groups in total. The average Bonchev–Trinajstić information content (AvgIpc) is 3.14. The van der Waals surface area contributed by atoms with Gasteiger partial charge in [-0.2, -0.15) is 0 Å². The second-order valence-corrected chi connectivity index (χ2v) is 5.29. The zero-order valence-electron chi connectivity index (χ0n) is 10.6. The summed E-state index contributed by atoms with van der Waals surface area (Å²) >= 11 is 0. The predicted octanol–water partition coefficient (Wildman–Crippen LogP) is 3.23. The normalized spacial score (nSPS) is 27.7. The van der Waals surface area contributed by atoms with Crippen molar-refractivity contribution in [2.45, 2.75) is 13.0 Å². The van der Waals surface area contributed by atoms with Gasteiger partial charge in [0.1, 0.15) is 5.84 Å². The summed E-state index contributed by atoms with van der Waals surface area (Å²) in [5.41, 5.74) is 1.26. The average molecular weight is 238 g/mol. The van der Waals surface area contributed by atoms with Crippen LogP contribution < -0.4 is 0 Å². The standard InChI is InChI=1S/C16H18N2/c1-18(12-13-7-3-2-4-8-13)15(17)16-10-6-5-9-14(16)11-16/h2-10,14,17H,11-12H2,1H3. The molecule has 0 amide bonds. The second-order valence-electron chi connectivity index (χ2n) is 5.29. The molecule has 2 heteroatoms. The Morgan fingerprint density at radius 3 is 2.83 bits per heavy atom. The summed E-state index contributed by atoms with van der Waals surface area (Å²) in [6.45, 7) is 0.811. The molecule has 0 aliphatic heterocycles. The first kappa shape index (κ1) is 11.3. The second kappa shape index (κ2) is 4.13. The van der Waals surface area contributed by atoms with Crippen LogP contribution in [-0.2, 0) is 6.54 Å². The van der Waals surface area contributed by atoms with Gasteiger partial charge in [-0.05, 0) is 17.9 Å². The number of benzene rings is 1. The van der Waals surface area contributed by atoms with E-state index in [1.807, 2.05) is 25.2 Å². The Balaban J connectivity index is 1.71. The zero-order valence-corrected chi connectivity index (χ0v) is 10.6. The highest BCUT2D eigenvalue weighted by molar-refractivity contribution is 5.91. The van der Waals surface area contributed by atoms with Crippen molar-refractivity contribution in [1.82, 2.24) is 4.90 Å². The molecule has 18 heavy (non-hydrogen) atoms. The maximum atomic E-state index is 8.42. The van der Waals surface area contributed by atoms with Gasteiger partial charge >= 0.3 is 0 Å². The van der Waals surface area contributed by atoms with Crippen molar-refractivity contribution in [3.63, 3.8) is 0 Å². The largest absolute Gasteiger partial charge is 0.359 e. The van der Waals surface area contributed by atoms with Gasteiger partial charge in [0, 0.05) is 13.6 Å². The molecular weight excluding hydrogens is 220 g/mol. The summed E-state index contributed by atoms with van der Waals surface area (Å²) in [4.78, 5) is 2.07. The molecule has 2 unspecified atom stereocenters. The predicted molar refractivity (Wildman–Crippen MR) is 74.5 cm³/mol. The molecule has 2 nitrogen and oxygen atoms in total. The molecule has 0 radical (unpaired) electrons. The lowest BCUT2D eigenvalue weighted by atomic mass is 9.97. The van der Waals surface area contributed by atoms with Gasteiger partial charge in [-0.1, -0.05) is 54.6 Å². The van der Waals surface area contributed by atoms with Gasteiger partial charge in [-0.15, -0.1) is 0 Å². The Labute approximate surface area is 108 Å². The highest BCUT2D eigenvalue weighted by Crippen LogP contribution is 2.57. The summed E-state index contributed by atoms with van der Waals surface area (Å²) < 4.78 is 0. The fourth-order valence-electron chi connectivity index (χ4n) is 2.80. The van der Waals surface area contributed by atoms with Crippen molar-refractivity contribution < 1.29 is 0 Å². The van der Waals surface area contributed by atoms with E-state index < -0.39 is 0 Å². The van der Waals surface area contributed by atoms with Crippen LogP contribution in [0.15, 0.2) is 54.6 Å². The smallest absolute Gasteiger partial charge is 0.107 e. The number of allylic oxidation sites excluding steroid dienone is 3. The fraction of sp³-hybridized carbons (Fsp3) is 0.312. The van der Waals surface area contributed by atoms with Crippen LogP contribution in [0.5, 0.6) is 0 Å². The van der Waals surface area contributed by atoms with Gasteiger partial charge in [0.05, 0.1) is 5.41 Å². The highest BCUT2D eigenvalue weighted by atomic mass is 15.2. The quantitative estimate of drug-likeness (QED) is 0.635. The minimum atomic E-state index is -0.00171. The summed E-state index contributed by atoms with van der Waals surface area (Å²) in [5, 5.41) is 8.42. The number of nitrogens with one attached hydrogen (secondary N) is 1. The first-order valence-electron chi connectivity index (χ1n) is 6.42. The molecule has 0 aromatic heterocycles. The van der Waals surface area contributed by atoms with Crippen molar-refractivity contribution in [2.75, 3.05) is 7.05 Å². The molecule has 2 aliphatic rings. The number of hydrogen-bond donors (Lipinski definition) is 1. The van der Waals surface area contributed by atoms with E-state index in [4.69, 9.17) is 5.41 Å². The molecular formula is C16H18N2. The van der Waals surface area contributed by atoms with Crippen LogP contribution in [0.4, 0.5) is 0 Å². The number of fused-ring (bicyclic) bond motifs is 1. The van der Waals surface area contributed by atoms with Crippen LogP contribution in [0.3, 0.4) is 0 Å². The minimum Gasteiger partial charge on any atom is -0.359 e. The lowest BCUT2D eigenvalue weighted by molar-refractivity contribution is 0.462. The molecule has 0 heterocycles. The Morgan fingerprint density at radius 2 is 2.11 bits per heavy atom. The van der Waals surface area contributed by atoms with Gasteiger partial charge in [-0.25, -0.2) is 0 Å². The first-order chi connectivity index (χ1) is 8.72. The molecule has 1 aromatic carbocycles. The van der Waals surface area contributed by atoms with Crippen LogP contribution in [-0.4, -0.2) is 17.8 Å². The number of nitrogens with zero attached hydrogens (tertiary/aromatic N) is 1. The highest BCUT2D eigenvalue weighted by Gasteiger charge is 2.55. The van der Waals surface area contributed by atoms with E-state index in [-0.39, 0.29) is 5.41 Å². The van der Waals surface area contributed by atoms with Crippen molar-refractivity contribution in [1.29, 1.82) is 5.41 Å². The Bertz CT molecular complexity index is 515. The van der Waals surface area contributed by atoms with E-state index in [1.165, 1.54) is 5.56 Å². The van der Waals surface area contributed by atoms with Gasteiger partial charge in [0.15, 0.2) is 0 Å². The molecule has 2 aliphatic carbocycles. The zero-order chi connectivity index (χ0) is 12.6. The Kier molecular flexibility index (Phi) is 2.58. The van der Waals surface area contributed by atoms with Crippen LogP contribution >= 0.6 is 0 Å². The molecule has 92 valence electrons. The summed E-state index contributed by atoms with van der Waals surface area (Å²) in [6.07, 6.45) is 9.69. The third-order valence-electron chi connectivity index (χ3n) is 3.99. The van der Waals surface area contributed by atoms with Crippen molar-refractivity contribution in [3.8, 4) is 0 Å². The summed E-state index contributed by atoms with van der Waals surface area (Å²) in [7, 11) is 2.02. The van der Waals surface area contributed by atoms with E-state index in [1.54, 1.807) is 0 Å². The van der Waals surface area contributed by atoms with Crippen molar-refractivity contribution >= 4 is 5.84 Å². The van der Waals surface area contributed by atoms with Crippen LogP contribution in [0.1, 0.15) is 12.0 Å². The van der Waals surface area contributed by atoms with Gasteiger partial charge in [0.25, 0.3) is 0 Å². The lowest BCUT2D eigenvalue weighted by Gasteiger charge is -2.26. The molecule has 1 saturated carbocycles. The van der Waals surface area contributed by atoms with Gasteiger partial charge in [0.2, 0.25) is 0 Å². The van der Waals surface area contributed by atoms with Crippen LogP contribution in [0, 0.1) is 16.7 Å². The van der Waals surface area contributed by atoms with Crippen molar-refractivity contribution in [2.24, 2.45) is 11.3 Å². The minimum absolute atomic E-state index is 0.00171. The first-order valence-corrected chi connectivity index (χ1v) is 6.42. The molecule has 0 spiro atoms. The number of rotatable bonds is 3. The van der Waals surface area contributed by atoms with Crippen LogP contribution in [0.2, 0.25) is 0 Å². The van der Waals surface area contributed by atoms with Crippen molar-refractivity contribution in [3.05, 3.63) is 60.2 Å². The van der Waals surface area contributed by atoms with E-state index in [2.05, 4.69) is 41.3 Å². The summed E-state index contributed by atoms with van der Waals surface area (Å²) in [5.74, 6) is 1.30. The maximum Gasteiger partial charge on any atom is 0.107 e. The molecule has 0 saturated heterocycles. The van der Waals surface area contributed by atoms with Crippen LogP contribution in [0.25, 0.3) is 0 Å². The topological polar surface area (TPSA) is 27.1 Å².